The number of nitrogens with zero attached hydrogens (tertiary/aromatic N) is 2. The summed E-state index contributed by atoms with van der Waals surface area (Å²) in [6.45, 7) is 5.40. The quantitative estimate of drug-likeness (QED) is 0.857. The molecule has 1 aromatic heterocycles. The highest BCUT2D eigenvalue weighted by atomic mass is 35.5. The van der Waals surface area contributed by atoms with Gasteiger partial charge in [0.25, 0.3) is 0 Å². The molecule has 0 amide bonds. The van der Waals surface area contributed by atoms with E-state index >= 15 is 0 Å². The van der Waals surface area contributed by atoms with Crippen molar-refractivity contribution in [2.75, 3.05) is 6.54 Å². The molecule has 0 radical (unpaired) electrons. The third-order valence-corrected chi connectivity index (χ3v) is 3.85. The van der Waals surface area contributed by atoms with Crippen molar-refractivity contribution in [3.63, 3.8) is 0 Å². The maximum Gasteiger partial charge on any atom is 0.132 e. The molecule has 0 aliphatic heterocycles. The van der Waals surface area contributed by atoms with Gasteiger partial charge >= 0.3 is 0 Å². The van der Waals surface area contributed by atoms with E-state index < -0.39 is 0 Å². The van der Waals surface area contributed by atoms with Crippen molar-refractivity contribution < 1.29 is 5.11 Å². The summed E-state index contributed by atoms with van der Waals surface area (Å²) in [7, 11) is 0. The number of hydrogen-bond donors (Lipinski definition) is 2. The summed E-state index contributed by atoms with van der Waals surface area (Å²) in [6.07, 6.45) is -0.381. The first kappa shape index (κ1) is 16.3. The lowest BCUT2D eigenvalue weighted by molar-refractivity contribution is 0.191. The smallest absolute Gasteiger partial charge is 0.132 e. The molecule has 0 spiro atoms. The zero-order chi connectivity index (χ0) is 15.4. The van der Waals surface area contributed by atoms with Crippen LogP contribution in [0, 0.1) is 6.92 Å². The van der Waals surface area contributed by atoms with E-state index in [0.717, 1.165) is 16.8 Å². The molecule has 0 fully saturated rings. The molecule has 0 bridgehead atoms. The molecule has 0 aliphatic rings. The molecule has 4 nitrogen and oxygen atoms in total. The Bertz CT molecular complexity index is 594. The molecule has 2 N–H and O–H groups in total. The highest BCUT2D eigenvalue weighted by molar-refractivity contribution is 6.30. The zero-order valence-electron chi connectivity index (χ0n) is 12.1. The van der Waals surface area contributed by atoms with E-state index in [1.165, 1.54) is 0 Å². The molecular formula is C15H19Cl2N3O. The van der Waals surface area contributed by atoms with Gasteiger partial charge in [0.15, 0.2) is 0 Å². The minimum Gasteiger partial charge on any atom is -0.392 e. The monoisotopic (exact) mass is 327 g/mol. The maximum atomic E-state index is 9.26. The third kappa shape index (κ3) is 4.45. The normalized spacial score (nSPS) is 12.6. The Morgan fingerprint density at radius 3 is 2.57 bits per heavy atom. The van der Waals surface area contributed by atoms with Crippen LogP contribution in [0.2, 0.25) is 10.2 Å². The number of aliphatic hydroxyl groups is 1. The van der Waals surface area contributed by atoms with Crippen LogP contribution in [0.3, 0.4) is 0 Å². The fraction of sp³-hybridized carbons (Fsp3) is 0.400. The van der Waals surface area contributed by atoms with Gasteiger partial charge in [-0.25, -0.2) is 4.68 Å². The largest absolute Gasteiger partial charge is 0.392 e. The number of hydrogen-bond acceptors (Lipinski definition) is 3. The third-order valence-electron chi connectivity index (χ3n) is 3.17. The minimum absolute atomic E-state index is 0.381. The Morgan fingerprint density at radius 1 is 1.29 bits per heavy atom. The molecule has 1 atom stereocenters. The van der Waals surface area contributed by atoms with Crippen molar-refractivity contribution in [3.8, 4) is 0 Å². The number of rotatable bonds is 6. The molecule has 0 aliphatic carbocycles. The molecule has 1 unspecified atom stereocenters. The number of aryl methyl sites for hydroxylation is 1. The molecule has 0 saturated heterocycles. The fourth-order valence-electron chi connectivity index (χ4n) is 2.06. The van der Waals surface area contributed by atoms with Gasteiger partial charge in [0.1, 0.15) is 5.15 Å². The van der Waals surface area contributed by atoms with Crippen LogP contribution < -0.4 is 5.32 Å². The second-order valence-corrected chi connectivity index (χ2v) is 5.91. The Labute approximate surface area is 134 Å². The van der Waals surface area contributed by atoms with E-state index in [0.29, 0.717) is 29.8 Å². The number of nitrogens with one attached hydrogen (secondary N) is 1. The zero-order valence-corrected chi connectivity index (χ0v) is 13.6. The summed E-state index contributed by atoms with van der Waals surface area (Å²) >= 11 is 12.3. The van der Waals surface area contributed by atoms with Gasteiger partial charge in [0.05, 0.1) is 18.3 Å². The second-order valence-electron chi connectivity index (χ2n) is 5.12. The SMILES string of the molecule is Cc1nn(Cc2ccc(Cl)cc2)c(Cl)c1CNCC(C)O. The van der Waals surface area contributed by atoms with Gasteiger partial charge in [0, 0.05) is 23.7 Å². The highest BCUT2D eigenvalue weighted by Crippen LogP contribution is 2.21. The topological polar surface area (TPSA) is 50.1 Å². The lowest BCUT2D eigenvalue weighted by Crippen LogP contribution is -2.24. The van der Waals surface area contributed by atoms with Crippen molar-refractivity contribution in [2.45, 2.75) is 33.0 Å². The van der Waals surface area contributed by atoms with Gasteiger partial charge in [0.2, 0.25) is 0 Å². The van der Waals surface area contributed by atoms with Crippen LogP contribution in [-0.2, 0) is 13.1 Å². The first-order chi connectivity index (χ1) is 9.97. The Morgan fingerprint density at radius 2 is 1.95 bits per heavy atom. The van der Waals surface area contributed by atoms with E-state index in [1.54, 1.807) is 11.6 Å². The van der Waals surface area contributed by atoms with Gasteiger partial charge in [-0.05, 0) is 31.5 Å². The van der Waals surface area contributed by atoms with Crippen LogP contribution in [0.1, 0.15) is 23.7 Å². The molecule has 6 heteroatoms. The van der Waals surface area contributed by atoms with E-state index in [4.69, 9.17) is 23.2 Å². The van der Waals surface area contributed by atoms with Crippen LogP contribution in [-0.4, -0.2) is 27.5 Å². The summed E-state index contributed by atoms with van der Waals surface area (Å²) in [4.78, 5) is 0. The summed E-state index contributed by atoms with van der Waals surface area (Å²) in [5, 5.41) is 18.2. The van der Waals surface area contributed by atoms with Crippen molar-refractivity contribution in [3.05, 3.63) is 51.3 Å². The van der Waals surface area contributed by atoms with Crippen molar-refractivity contribution in [2.24, 2.45) is 0 Å². The van der Waals surface area contributed by atoms with Crippen LogP contribution in [0.5, 0.6) is 0 Å². The van der Waals surface area contributed by atoms with Crippen molar-refractivity contribution in [1.82, 2.24) is 15.1 Å². The second kappa shape index (κ2) is 7.27. The van der Waals surface area contributed by atoms with E-state index in [2.05, 4.69) is 10.4 Å². The van der Waals surface area contributed by atoms with E-state index in [1.807, 2.05) is 31.2 Å². The average molecular weight is 328 g/mol. The first-order valence-electron chi connectivity index (χ1n) is 6.82. The van der Waals surface area contributed by atoms with Crippen molar-refractivity contribution >= 4 is 23.2 Å². The predicted molar refractivity (Wildman–Crippen MR) is 85.9 cm³/mol. The standard InChI is InChI=1S/C15H19Cl2N3O/c1-10(21)7-18-8-14-11(2)19-20(15(14)17)9-12-3-5-13(16)6-4-12/h3-6,10,18,21H,7-9H2,1-2H3. The van der Waals surface area contributed by atoms with Crippen LogP contribution in [0.15, 0.2) is 24.3 Å². The Kier molecular flexibility index (Phi) is 5.65. The van der Waals surface area contributed by atoms with E-state index in [-0.39, 0.29) is 6.10 Å². The molecule has 21 heavy (non-hydrogen) atoms. The van der Waals surface area contributed by atoms with Gasteiger partial charge < -0.3 is 10.4 Å². The molecular weight excluding hydrogens is 309 g/mol. The number of halogens is 2. The molecule has 114 valence electrons. The summed E-state index contributed by atoms with van der Waals surface area (Å²) < 4.78 is 1.78. The number of aliphatic hydroxyl groups excluding tert-OH is 1. The number of benzene rings is 1. The summed E-state index contributed by atoms with van der Waals surface area (Å²) in [5.41, 5.74) is 2.95. The van der Waals surface area contributed by atoms with Crippen LogP contribution >= 0.6 is 23.2 Å². The Hall–Kier alpha value is -1.07. The summed E-state index contributed by atoms with van der Waals surface area (Å²) in [5.74, 6) is 0. The molecule has 0 saturated carbocycles. The van der Waals surface area contributed by atoms with Gasteiger partial charge in [-0.3, -0.25) is 0 Å². The molecule has 1 heterocycles. The lowest BCUT2D eigenvalue weighted by Gasteiger charge is -2.07. The highest BCUT2D eigenvalue weighted by Gasteiger charge is 2.13. The van der Waals surface area contributed by atoms with Crippen LogP contribution in [0.4, 0.5) is 0 Å². The van der Waals surface area contributed by atoms with Gasteiger partial charge in [-0.2, -0.15) is 5.10 Å². The van der Waals surface area contributed by atoms with Crippen LogP contribution in [0.25, 0.3) is 0 Å². The van der Waals surface area contributed by atoms with E-state index in [9.17, 15) is 5.11 Å². The first-order valence-corrected chi connectivity index (χ1v) is 7.58. The molecule has 1 aromatic carbocycles. The van der Waals surface area contributed by atoms with Gasteiger partial charge in [-0.1, -0.05) is 35.3 Å². The Balaban J connectivity index is 2.09. The van der Waals surface area contributed by atoms with Gasteiger partial charge in [-0.15, -0.1) is 0 Å². The molecule has 2 rings (SSSR count). The van der Waals surface area contributed by atoms with Crippen molar-refractivity contribution in [1.29, 1.82) is 0 Å². The lowest BCUT2D eigenvalue weighted by atomic mass is 10.2. The maximum absolute atomic E-state index is 9.26. The molecule has 2 aromatic rings. The summed E-state index contributed by atoms with van der Waals surface area (Å²) in [6, 6.07) is 7.63. The average Bonchev–Trinajstić information content (AvgIpc) is 2.68. The fourth-order valence-corrected chi connectivity index (χ4v) is 2.49. The minimum atomic E-state index is -0.381. The number of aromatic nitrogens is 2. The predicted octanol–water partition coefficient (Wildman–Crippen LogP) is 3.02.